The molecule has 0 fully saturated rings. The van der Waals surface area contributed by atoms with Crippen molar-refractivity contribution < 1.29 is 4.42 Å². The molecule has 0 atom stereocenters. The van der Waals surface area contributed by atoms with E-state index in [2.05, 4.69) is 470 Å². The SMILES string of the molecule is c1ccc(-c2ccc(N(c3ccccc3)c3ccc4c(ccc5ccc6cc7sc8ccccc8c7cc6c54)c3)cc2)cc1.c1ccc(N(c2ccc3c(ccc4ccc5cc6sc7ccccc7c6cc5c43)c2)c2cccc3oc4ccccc4c23)cc1.c1ccc(N(c2ccc3c(ccc4ccc5cc6sc7ccccc7c6cc5c43)c2)c2cccc3sc4ccccc4c23)cc1. The maximum atomic E-state index is 6.30. The van der Waals surface area contributed by atoms with E-state index >= 15 is 0 Å². The van der Waals surface area contributed by atoms with Crippen LogP contribution in [-0.2, 0) is 0 Å². The van der Waals surface area contributed by atoms with Crippen molar-refractivity contribution in [3.05, 3.63) is 467 Å². The molecule has 29 rings (SSSR count). The number of para-hydroxylation sites is 4. The maximum absolute atomic E-state index is 6.30. The standard InChI is InChI=1S/C42H25NOS.C42H25NS2.C42H27NS/c1-2-9-29(10-3-1)43(36-13-8-15-38-42(36)33-12-4-6-14-37(33)44-38)30-21-22-31-27(23-30)19-17-26-18-20-28-24-40-35(25-34(28)41(26)31)32-11-5-7-16-39(32)45-40;1-2-9-29(10-3-1)43(36-13-8-16-39-42(36)33-12-5-7-15-38(33)44-39)30-21-22-31-27(23-30)19-17-26-18-20-28-24-40-35(25-34(28)41(26)31)32-11-4-6-14-37(32)45-40;1-3-9-28(10-4-1)29-19-21-34(22-20-29)43(33-11-5-2-6-12-33)35-23-24-36-31(25-35)17-15-30-16-18-32-26-41-39(27-38(32)42(30)36)37-13-7-8-14-40(37)44-41/h2*1-25H;1-27H. The Hall–Kier alpha value is -16.3. The molecule has 134 heavy (non-hydrogen) atoms. The van der Waals surface area contributed by atoms with Crippen molar-refractivity contribution in [2.45, 2.75) is 0 Å². The van der Waals surface area contributed by atoms with E-state index in [-0.39, 0.29) is 0 Å². The topological polar surface area (TPSA) is 22.9 Å². The van der Waals surface area contributed by atoms with Crippen molar-refractivity contribution >= 4 is 296 Å². The number of thiophene rings is 4. The van der Waals surface area contributed by atoms with Gasteiger partial charge < -0.3 is 19.1 Å². The Balaban J connectivity index is 0.000000102. The summed E-state index contributed by atoms with van der Waals surface area (Å²) >= 11 is 7.50. The van der Waals surface area contributed by atoms with Crippen LogP contribution in [0.15, 0.2) is 472 Å². The molecular weight excluding hydrogens is 1700 g/mol. The smallest absolute Gasteiger partial charge is 0.137 e. The van der Waals surface area contributed by atoms with Crippen LogP contribution in [-0.4, -0.2) is 0 Å². The van der Waals surface area contributed by atoms with Gasteiger partial charge in [0.05, 0.1) is 16.8 Å². The van der Waals surface area contributed by atoms with Gasteiger partial charge in [-0.1, -0.05) is 291 Å². The summed E-state index contributed by atoms with van der Waals surface area (Å²) in [6.07, 6.45) is 0. The highest BCUT2D eigenvalue weighted by molar-refractivity contribution is 7.27. The number of nitrogens with zero attached hydrogens (tertiary/aromatic N) is 3. The zero-order chi connectivity index (χ0) is 88.0. The molecule has 0 N–H and O–H groups in total. The third-order valence-corrected chi connectivity index (χ3v) is 31.7. The van der Waals surface area contributed by atoms with Crippen LogP contribution in [0.5, 0.6) is 0 Å². The molecule has 29 aromatic rings. The minimum absolute atomic E-state index is 0.889. The average Bonchev–Trinajstić information content (AvgIpc) is 1.26. The van der Waals surface area contributed by atoms with Crippen molar-refractivity contribution in [2.24, 2.45) is 0 Å². The Morgan fingerprint density at radius 2 is 0.440 bits per heavy atom. The Labute approximate surface area is 787 Å². The lowest BCUT2D eigenvalue weighted by molar-refractivity contribution is 0.669. The molecule has 0 aliphatic carbocycles. The fourth-order valence-corrected chi connectivity index (χ4v) is 25.6. The minimum Gasteiger partial charge on any atom is -0.456 e. The quantitative estimate of drug-likeness (QED) is 0.127. The van der Waals surface area contributed by atoms with Crippen molar-refractivity contribution in [3.8, 4) is 11.1 Å². The number of anilines is 9. The molecule has 626 valence electrons. The monoisotopic (exact) mass is 1780 g/mol. The zero-order valence-corrected chi connectivity index (χ0v) is 75.6. The van der Waals surface area contributed by atoms with E-state index in [1.165, 1.54) is 194 Å². The number of fused-ring (bicyclic) bond motifs is 30. The van der Waals surface area contributed by atoms with Crippen LogP contribution < -0.4 is 14.7 Å². The van der Waals surface area contributed by atoms with Gasteiger partial charge in [0, 0.05) is 126 Å². The highest BCUT2D eigenvalue weighted by Gasteiger charge is 2.25. The molecule has 4 nitrogen and oxygen atoms in total. The third kappa shape index (κ3) is 13.0. The van der Waals surface area contributed by atoms with Crippen LogP contribution in [0.1, 0.15) is 0 Å². The number of benzene rings is 24. The van der Waals surface area contributed by atoms with Crippen LogP contribution in [0.3, 0.4) is 0 Å². The molecule has 0 radical (unpaired) electrons. The Morgan fingerprint density at radius 3 is 0.881 bits per heavy atom. The summed E-state index contributed by atoms with van der Waals surface area (Å²) in [4.78, 5) is 7.13. The molecule has 0 unspecified atom stereocenters. The first-order valence-corrected chi connectivity index (χ1v) is 48.8. The second-order valence-electron chi connectivity index (χ2n) is 34.8. The van der Waals surface area contributed by atoms with Gasteiger partial charge in [-0.3, -0.25) is 0 Å². The van der Waals surface area contributed by atoms with Gasteiger partial charge >= 0.3 is 0 Å². The molecule has 8 heteroatoms. The summed E-state index contributed by atoms with van der Waals surface area (Å²) in [5.41, 5.74) is 14.5. The lowest BCUT2D eigenvalue weighted by Crippen LogP contribution is -2.10. The first-order valence-electron chi connectivity index (χ1n) is 45.5. The van der Waals surface area contributed by atoms with Gasteiger partial charge in [0.2, 0.25) is 0 Å². The second-order valence-corrected chi connectivity index (χ2v) is 39.2. The van der Waals surface area contributed by atoms with Crippen LogP contribution >= 0.6 is 45.3 Å². The highest BCUT2D eigenvalue weighted by atomic mass is 32.1. The number of hydrogen-bond donors (Lipinski definition) is 0. The van der Waals surface area contributed by atoms with Crippen molar-refractivity contribution in [2.75, 3.05) is 14.7 Å². The average molecular weight is 1780 g/mol. The molecule has 0 saturated carbocycles. The summed E-state index contributed by atoms with van der Waals surface area (Å²) < 4.78 is 17.0. The summed E-state index contributed by atoms with van der Waals surface area (Å²) in [6.45, 7) is 0. The van der Waals surface area contributed by atoms with E-state index in [1.807, 2.05) is 57.5 Å². The van der Waals surface area contributed by atoms with Gasteiger partial charge in [-0.05, 0) is 284 Å². The molecule has 5 aromatic heterocycles. The normalized spacial score (nSPS) is 11.9. The van der Waals surface area contributed by atoms with Gasteiger partial charge in [-0.25, -0.2) is 0 Å². The molecule has 24 aromatic carbocycles. The lowest BCUT2D eigenvalue weighted by Gasteiger charge is -2.27. The molecule has 0 spiro atoms. The Morgan fingerprint density at radius 1 is 0.142 bits per heavy atom. The van der Waals surface area contributed by atoms with E-state index < -0.39 is 0 Å². The van der Waals surface area contributed by atoms with Crippen LogP contribution in [0.2, 0.25) is 0 Å². The first kappa shape index (κ1) is 77.6. The maximum Gasteiger partial charge on any atom is 0.137 e. The van der Waals surface area contributed by atoms with Crippen LogP contribution in [0.25, 0.3) is 211 Å². The van der Waals surface area contributed by atoms with Crippen molar-refractivity contribution in [1.82, 2.24) is 0 Å². The van der Waals surface area contributed by atoms with E-state index in [1.54, 1.807) is 0 Å². The Kier molecular flexibility index (Phi) is 18.4. The molecule has 0 aliphatic rings. The fourth-order valence-electron chi connectivity index (χ4n) is 21.1. The Bertz CT molecular complexity index is 9420. The molecule has 0 saturated heterocycles. The van der Waals surface area contributed by atoms with Gasteiger partial charge in [-0.2, -0.15) is 0 Å². The van der Waals surface area contributed by atoms with Crippen LogP contribution in [0, 0.1) is 0 Å². The summed E-state index contributed by atoms with van der Waals surface area (Å²) in [5.74, 6) is 0. The fraction of sp³-hybridized carbons (Fsp3) is 0. The van der Waals surface area contributed by atoms with Crippen molar-refractivity contribution in [1.29, 1.82) is 0 Å². The lowest BCUT2D eigenvalue weighted by atomic mass is 9.95. The van der Waals surface area contributed by atoms with E-state index in [4.69, 9.17) is 4.42 Å². The van der Waals surface area contributed by atoms with E-state index in [0.717, 1.165) is 67.4 Å². The molecule has 5 heterocycles. The third-order valence-electron chi connectivity index (χ3n) is 27.2. The summed E-state index contributed by atoms with van der Waals surface area (Å²) in [7, 11) is 0. The highest BCUT2D eigenvalue weighted by Crippen LogP contribution is 2.51. The molecule has 0 amide bonds. The van der Waals surface area contributed by atoms with Gasteiger partial charge in [0.15, 0.2) is 0 Å². The van der Waals surface area contributed by atoms with E-state index in [0.29, 0.717) is 0 Å². The predicted octanol–water partition coefficient (Wildman–Crippen LogP) is 38.9. The van der Waals surface area contributed by atoms with Gasteiger partial charge in [0.1, 0.15) is 11.2 Å². The first-order chi connectivity index (χ1) is 66.4. The number of furan rings is 1. The summed E-state index contributed by atoms with van der Waals surface area (Å²) in [6, 6.07) is 170. The number of rotatable bonds is 10. The molecule has 0 aliphatic heterocycles. The molecule has 0 bridgehead atoms. The molecular formula is C126H77N3OS4. The van der Waals surface area contributed by atoms with Gasteiger partial charge in [-0.15, -0.1) is 45.3 Å². The second kappa shape index (κ2) is 31.8. The van der Waals surface area contributed by atoms with Crippen molar-refractivity contribution in [3.63, 3.8) is 0 Å². The predicted molar refractivity (Wildman–Crippen MR) is 585 cm³/mol. The largest absolute Gasteiger partial charge is 0.456 e. The zero-order valence-electron chi connectivity index (χ0n) is 72.3. The summed E-state index contributed by atoms with van der Waals surface area (Å²) in [5, 5.41) is 36.0. The van der Waals surface area contributed by atoms with Gasteiger partial charge in [0.25, 0.3) is 0 Å². The minimum atomic E-state index is 0.889. The van der Waals surface area contributed by atoms with Crippen LogP contribution in [0.4, 0.5) is 51.2 Å². The number of hydrogen-bond acceptors (Lipinski definition) is 8. The van der Waals surface area contributed by atoms with E-state index in [9.17, 15) is 0 Å².